The smallest absolute Gasteiger partial charge is 0.253 e. The van der Waals surface area contributed by atoms with Crippen LogP contribution in [-0.2, 0) is 14.4 Å². The molecule has 1 aliphatic carbocycles. The summed E-state index contributed by atoms with van der Waals surface area (Å²) in [6, 6.07) is 4.39. The molecule has 3 amide bonds. The van der Waals surface area contributed by atoms with Gasteiger partial charge in [-0.15, -0.1) is 0 Å². The summed E-state index contributed by atoms with van der Waals surface area (Å²) in [4.78, 5) is 37.8. The Labute approximate surface area is 149 Å². The number of hydrogen-bond acceptors (Lipinski definition) is 4. The first-order valence-corrected chi connectivity index (χ1v) is 8.24. The molecule has 3 rings (SSSR count). The van der Waals surface area contributed by atoms with Crippen molar-refractivity contribution in [2.24, 2.45) is 5.92 Å². The molecule has 1 aliphatic heterocycles. The van der Waals surface area contributed by atoms with Crippen LogP contribution in [0.15, 0.2) is 24.3 Å². The highest BCUT2D eigenvalue weighted by molar-refractivity contribution is 7.80. The maximum absolute atomic E-state index is 12.9. The molecule has 132 valence electrons. The number of likely N-dealkylation sites (N-methyl/N-ethyl adjacent to an activating group) is 1. The lowest BCUT2D eigenvalue weighted by atomic mass is 10.2. The molecule has 2 fully saturated rings. The summed E-state index contributed by atoms with van der Waals surface area (Å²) in [6.45, 7) is 0. The van der Waals surface area contributed by atoms with E-state index in [9.17, 15) is 18.8 Å². The van der Waals surface area contributed by atoms with E-state index in [1.165, 1.54) is 41.2 Å². The third kappa shape index (κ3) is 3.76. The molecular weight excluding hydrogens is 347 g/mol. The highest BCUT2D eigenvalue weighted by atomic mass is 32.1. The van der Waals surface area contributed by atoms with Crippen LogP contribution in [-0.4, -0.2) is 45.8 Å². The van der Waals surface area contributed by atoms with E-state index in [0.29, 0.717) is 5.69 Å². The largest absolute Gasteiger partial charge is 0.326 e. The lowest BCUT2D eigenvalue weighted by Crippen LogP contribution is -2.50. The molecule has 1 unspecified atom stereocenters. The van der Waals surface area contributed by atoms with Gasteiger partial charge in [0.2, 0.25) is 11.8 Å². The number of halogens is 1. The van der Waals surface area contributed by atoms with Crippen LogP contribution in [0.1, 0.15) is 19.3 Å². The van der Waals surface area contributed by atoms with Crippen LogP contribution in [0, 0.1) is 11.7 Å². The number of carbonyl (C=O) groups excluding carboxylic acids is 3. The molecule has 1 atom stereocenters. The first kappa shape index (κ1) is 17.3. The van der Waals surface area contributed by atoms with Gasteiger partial charge in [0.25, 0.3) is 5.91 Å². The summed E-state index contributed by atoms with van der Waals surface area (Å²) in [6.07, 6.45) is 1.43. The molecule has 2 N–H and O–H groups in total. The van der Waals surface area contributed by atoms with Gasteiger partial charge >= 0.3 is 0 Å². The Morgan fingerprint density at radius 3 is 2.52 bits per heavy atom. The van der Waals surface area contributed by atoms with Crippen molar-refractivity contribution in [3.05, 3.63) is 30.1 Å². The third-order valence-corrected chi connectivity index (χ3v) is 4.58. The molecule has 7 nitrogen and oxygen atoms in total. The Hall–Kier alpha value is -2.55. The van der Waals surface area contributed by atoms with E-state index in [4.69, 9.17) is 12.2 Å². The van der Waals surface area contributed by atoms with Crippen LogP contribution >= 0.6 is 12.2 Å². The second kappa shape index (κ2) is 6.75. The number of nitrogens with one attached hydrogen (secondary N) is 2. The number of amides is 3. The lowest BCUT2D eigenvalue weighted by molar-refractivity contribution is -0.132. The summed E-state index contributed by atoms with van der Waals surface area (Å²) in [5.74, 6) is -1.47. The Balaban J connectivity index is 1.67. The molecule has 0 radical (unpaired) electrons. The summed E-state index contributed by atoms with van der Waals surface area (Å²) < 4.78 is 12.9. The van der Waals surface area contributed by atoms with E-state index < -0.39 is 17.8 Å². The number of nitrogens with zero attached hydrogens (tertiary/aromatic N) is 2. The summed E-state index contributed by atoms with van der Waals surface area (Å²) in [7, 11) is 1.50. The average Bonchev–Trinajstić information content (AvgIpc) is 3.40. The first-order chi connectivity index (χ1) is 11.9. The van der Waals surface area contributed by atoms with Crippen molar-refractivity contribution in [2.75, 3.05) is 12.4 Å². The van der Waals surface area contributed by atoms with Gasteiger partial charge in [0.1, 0.15) is 11.9 Å². The topological polar surface area (TPSA) is 81.8 Å². The fourth-order valence-electron chi connectivity index (χ4n) is 2.50. The van der Waals surface area contributed by atoms with Gasteiger partial charge in [-0.05, 0) is 49.3 Å². The number of carbonyl (C=O) groups is 3. The van der Waals surface area contributed by atoms with Crippen molar-refractivity contribution in [3.8, 4) is 0 Å². The van der Waals surface area contributed by atoms with Crippen molar-refractivity contribution in [2.45, 2.75) is 25.3 Å². The van der Waals surface area contributed by atoms with E-state index in [1.54, 1.807) is 0 Å². The zero-order chi connectivity index (χ0) is 18.1. The SMILES string of the molecule is CN1C(=O)C(CC(=O)Nc2ccc(F)cc2)N(NC(=O)C2CC2)C1=S. The average molecular weight is 364 g/mol. The van der Waals surface area contributed by atoms with E-state index in [2.05, 4.69) is 10.7 Å². The van der Waals surface area contributed by atoms with E-state index >= 15 is 0 Å². The van der Waals surface area contributed by atoms with Crippen LogP contribution in [0.3, 0.4) is 0 Å². The highest BCUT2D eigenvalue weighted by Crippen LogP contribution is 2.29. The zero-order valence-electron chi connectivity index (χ0n) is 13.5. The molecule has 25 heavy (non-hydrogen) atoms. The van der Waals surface area contributed by atoms with Crippen molar-refractivity contribution in [1.82, 2.24) is 15.3 Å². The number of hydrogen-bond donors (Lipinski definition) is 2. The molecular formula is C16H17FN4O3S. The first-order valence-electron chi connectivity index (χ1n) is 7.83. The Kier molecular flexibility index (Phi) is 4.67. The van der Waals surface area contributed by atoms with Gasteiger partial charge in [-0.25, -0.2) is 9.40 Å². The maximum Gasteiger partial charge on any atom is 0.253 e. The van der Waals surface area contributed by atoms with E-state index in [-0.39, 0.29) is 29.3 Å². The van der Waals surface area contributed by atoms with Crippen LogP contribution < -0.4 is 10.7 Å². The van der Waals surface area contributed by atoms with Crippen LogP contribution in [0.5, 0.6) is 0 Å². The quantitative estimate of drug-likeness (QED) is 0.763. The third-order valence-electron chi connectivity index (χ3n) is 4.11. The molecule has 9 heteroatoms. The summed E-state index contributed by atoms with van der Waals surface area (Å²) in [5, 5.41) is 4.03. The second-order valence-corrected chi connectivity index (χ2v) is 6.44. The van der Waals surface area contributed by atoms with Gasteiger partial charge in [0.05, 0.1) is 6.42 Å². The van der Waals surface area contributed by atoms with E-state index in [1.807, 2.05) is 0 Å². The molecule has 1 aromatic rings. The molecule has 0 aromatic heterocycles. The summed E-state index contributed by atoms with van der Waals surface area (Å²) >= 11 is 5.18. The van der Waals surface area contributed by atoms with Crippen LogP contribution in [0.25, 0.3) is 0 Å². The normalized spacial score (nSPS) is 20.0. The minimum atomic E-state index is -0.902. The molecule has 1 aromatic carbocycles. The predicted molar refractivity (Wildman–Crippen MR) is 91.5 cm³/mol. The molecule has 1 heterocycles. The van der Waals surface area contributed by atoms with Crippen molar-refractivity contribution >= 4 is 40.7 Å². The van der Waals surface area contributed by atoms with Gasteiger partial charge in [-0.3, -0.25) is 24.7 Å². The standard InChI is InChI=1S/C16H17FN4O3S/c1-20-15(24)12(21(16(20)25)19-14(23)9-2-3-9)8-13(22)18-11-6-4-10(17)5-7-11/h4-7,9,12H,2-3,8H2,1H3,(H,18,22)(H,19,23). The predicted octanol–water partition coefficient (Wildman–Crippen LogP) is 1.02. The zero-order valence-corrected chi connectivity index (χ0v) is 14.3. The van der Waals surface area contributed by atoms with Crippen molar-refractivity contribution < 1.29 is 18.8 Å². The molecule has 1 saturated carbocycles. The number of benzene rings is 1. The fourth-order valence-corrected chi connectivity index (χ4v) is 2.77. The second-order valence-electron chi connectivity index (χ2n) is 6.08. The molecule has 2 aliphatic rings. The van der Waals surface area contributed by atoms with Gasteiger partial charge in [0, 0.05) is 18.7 Å². The van der Waals surface area contributed by atoms with Gasteiger partial charge in [-0.2, -0.15) is 0 Å². The Morgan fingerprint density at radius 1 is 1.28 bits per heavy atom. The maximum atomic E-state index is 12.9. The monoisotopic (exact) mass is 364 g/mol. The number of thiocarbonyl (C=S) groups is 1. The van der Waals surface area contributed by atoms with Gasteiger partial charge in [-0.1, -0.05) is 0 Å². The number of anilines is 1. The van der Waals surface area contributed by atoms with Crippen molar-refractivity contribution in [3.63, 3.8) is 0 Å². The summed E-state index contributed by atoms with van der Waals surface area (Å²) in [5.41, 5.74) is 3.06. The minimum absolute atomic E-state index is 0.0579. The minimum Gasteiger partial charge on any atom is -0.326 e. The fraction of sp³-hybridized carbons (Fsp3) is 0.375. The lowest BCUT2D eigenvalue weighted by Gasteiger charge is -2.23. The van der Waals surface area contributed by atoms with Crippen LogP contribution in [0.2, 0.25) is 0 Å². The van der Waals surface area contributed by atoms with E-state index in [0.717, 1.165) is 12.8 Å². The van der Waals surface area contributed by atoms with Gasteiger partial charge < -0.3 is 5.32 Å². The molecule has 0 bridgehead atoms. The van der Waals surface area contributed by atoms with Gasteiger partial charge in [0.15, 0.2) is 5.11 Å². The van der Waals surface area contributed by atoms with Crippen LogP contribution in [0.4, 0.5) is 10.1 Å². The Bertz CT molecular complexity index is 735. The Morgan fingerprint density at radius 2 is 1.92 bits per heavy atom. The molecule has 1 saturated heterocycles. The number of rotatable bonds is 5. The molecule has 0 spiro atoms. The highest BCUT2D eigenvalue weighted by Gasteiger charge is 2.44. The van der Waals surface area contributed by atoms with Crippen molar-refractivity contribution in [1.29, 1.82) is 0 Å². The number of hydrazine groups is 1.